The molecule has 0 bridgehead atoms. The Balaban J connectivity index is 4.09. The van der Waals surface area contributed by atoms with Gasteiger partial charge in [0.25, 0.3) is 0 Å². The predicted octanol–water partition coefficient (Wildman–Crippen LogP) is 2.77. The maximum atomic E-state index is 12.4. The Bertz CT molecular complexity index is 109. The van der Waals surface area contributed by atoms with Gasteiger partial charge in [0.2, 0.25) is 0 Å². The van der Waals surface area contributed by atoms with Crippen molar-refractivity contribution in [3.63, 3.8) is 0 Å². The van der Waals surface area contributed by atoms with E-state index in [2.05, 4.69) is 15.9 Å². The molecular formula is C7H13BrF2O. The molecule has 0 aliphatic rings. The molecule has 0 rings (SSSR count). The van der Waals surface area contributed by atoms with Gasteiger partial charge in [-0.2, -0.15) is 8.78 Å². The van der Waals surface area contributed by atoms with E-state index in [1.807, 2.05) is 0 Å². The van der Waals surface area contributed by atoms with E-state index in [0.29, 0.717) is 12.8 Å². The highest BCUT2D eigenvalue weighted by Gasteiger charge is 2.38. The smallest absolute Gasteiger partial charge is 0.326 e. The molecule has 0 saturated carbocycles. The Kier molecular flexibility index (Phi) is 4.48. The van der Waals surface area contributed by atoms with Crippen LogP contribution in [-0.2, 0) is 0 Å². The van der Waals surface area contributed by atoms with Crippen molar-refractivity contribution in [3.8, 4) is 0 Å². The Hall–Kier alpha value is 0.300. The number of aliphatic hydroxyl groups excluding tert-OH is 1. The van der Waals surface area contributed by atoms with Gasteiger partial charge >= 0.3 is 4.83 Å². The van der Waals surface area contributed by atoms with E-state index in [4.69, 9.17) is 5.11 Å². The Labute approximate surface area is 73.9 Å². The molecule has 0 radical (unpaired) electrons. The quantitative estimate of drug-likeness (QED) is 0.737. The normalized spacial score (nSPS) is 15.5. The maximum absolute atomic E-state index is 12.4. The van der Waals surface area contributed by atoms with Crippen molar-refractivity contribution in [2.24, 2.45) is 5.92 Å². The Morgan fingerprint density at radius 2 is 1.73 bits per heavy atom. The predicted molar refractivity (Wildman–Crippen MR) is 44.0 cm³/mol. The number of hydrogen-bond donors (Lipinski definition) is 1. The number of hydrogen-bond acceptors (Lipinski definition) is 1. The molecule has 0 aromatic carbocycles. The van der Waals surface area contributed by atoms with Gasteiger partial charge in [0.1, 0.15) is 6.10 Å². The van der Waals surface area contributed by atoms with Crippen LogP contribution in [0.4, 0.5) is 8.78 Å². The average molecular weight is 231 g/mol. The minimum absolute atomic E-state index is 0.329. The molecule has 11 heavy (non-hydrogen) atoms. The number of rotatable bonds is 4. The Morgan fingerprint density at radius 1 is 1.36 bits per heavy atom. The van der Waals surface area contributed by atoms with Crippen molar-refractivity contribution in [1.29, 1.82) is 0 Å². The first-order valence-corrected chi connectivity index (χ1v) is 4.47. The first-order chi connectivity index (χ1) is 4.93. The van der Waals surface area contributed by atoms with Crippen LogP contribution in [0, 0.1) is 5.92 Å². The molecule has 0 spiro atoms. The van der Waals surface area contributed by atoms with Crippen LogP contribution in [0.5, 0.6) is 0 Å². The summed E-state index contributed by atoms with van der Waals surface area (Å²) in [5, 5.41) is 9.05. The maximum Gasteiger partial charge on any atom is 0.326 e. The number of halogens is 3. The van der Waals surface area contributed by atoms with Crippen molar-refractivity contribution in [3.05, 3.63) is 0 Å². The van der Waals surface area contributed by atoms with Gasteiger partial charge in [0.15, 0.2) is 0 Å². The van der Waals surface area contributed by atoms with Crippen molar-refractivity contribution < 1.29 is 13.9 Å². The zero-order chi connectivity index (χ0) is 9.07. The summed E-state index contributed by atoms with van der Waals surface area (Å²) in [4.78, 5) is -3.15. The highest BCUT2D eigenvalue weighted by atomic mass is 79.9. The number of alkyl halides is 3. The summed E-state index contributed by atoms with van der Waals surface area (Å²) in [5.41, 5.74) is 0. The zero-order valence-electron chi connectivity index (χ0n) is 6.65. The van der Waals surface area contributed by atoms with Crippen LogP contribution in [0.15, 0.2) is 0 Å². The SMILES string of the molecule is CCC(CC)C(O)C(F)(F)Br. The largest absolute Gasteiger partial charge is 0.386 e. The van der Waals surface area contributed by atoms with Gasteiger partial charge in [-0.25, -0.2) is 0 Å². The Morgan fingerprint density at radius 3 is 1.82 bits per heavy atom. The van der Waals surface area contributed by atoms with Crippen molar-refractivity contribution >= 4 is 15.9 Å². The molecule has 0 amide bonds. The summed E-state index contributed by atoms with van der Waals surface area (Å²) in [5.74, 6) is -0.329. The van der Waals surface area contributed by atoms with Gasteiger partial charge in [-0.15, -0.1) is 0 Å². The van der Waals surface area contributed by atoms with E-state index < -0.39 is 10.9 Å². The van der Waals surface area contributed by atoms with Crippen LogP contribution in [0.25, 0.3) is 0 Å². The van der Waals surface area contributed by atoms with Gasteiger partial charge in [-0.1, -0.05) is 26.7 Å². The fraction of sp³-hybridized carbons (Fsp3) is 1.00. The van der Waals surface area contributed by atoms with Gasteiger partial charge in [0, 0.05) is 0 Å². The van der Waals surface area contributed by atoms with Crippen molar-refractivity contribution in [2.75, 3.05) is 0 Å². The summed E-state index contributed by atoms with van der Waals surface area (Å²) >= 11 is 2.14. The van der Waals surface area contributed by atoms with Crippen LogP contribution < -0.4 is 0 Å². The van der Waals surface area contributed by atoms with E-state index in [-0.39, 0.29) is 5.92 Å². The molecule has 1 unspecified atom stereocenters. The van der Waals surface area contributed by atoms with Crippen LogP contribution >= 0.6 is 15.9 Å². The summed E-state index contributed by atoms with van der Waals surface area (Å²) < 4.78 is 24.8. The minimum Gasteiger partial charge on any atom is -0.386 e. The second-order valence-electron chi connectivity index (χ2n) is 2.56. The lowest BCUT2D eigenvalue weighted by molar-refractivity contribution is -0.0609. The fourth-order valence-electron chi connectivity index (χ4n) is 1.00. The van der Waals surface area contributed by atoms with E-state index in [1.54, 1.807) is 13.8 Å². The summed E-state index contributed by atoms with van der Waals surface area (Å²) in [6.07, 6.45) is -0.435. The van der Waals surface area contributed by atoms with E-state index in [1.165, 1.54) is 0 Å². The highest BCUT2D eigenvalue weighted by Crippen LogP contribution is 2.32. The van der Waals surface area contributed by atoms with Gasteiger partial charge in [0.05, 0.1) is 0 Å². The molecule has 0 aliphatic heterocycles. The summed E-state index contributed by atoms with van der Waals surface area (Å²) in [6.45, 7) is 3.58. The molecule has 68 valence electrons. The molecule has 1 atom stereocenters. The molecule has 4 heteroatoms. The monoisotopic (exact) mass is 230 g/mol. The van der Waals surface area contributed by atoms with Crippen molar-refractivity contribution in [1.82, 2.24) is 0 Å². The topological polar surface area (TPSA) is 20.2 Å². The molecular weight excluding hydrogens is 218 g/mol. The van der Waals surface area contributed by atoms with Gasteiger partial charge in [-0.3, -0.25) is 0 Å². The van der Waals surface area contributed by atoms with E-state index in [9.17, 15) is 8.78 Å². The standard InChI is InChI=1S/C7H13BrF2O/c1-3-5(4-2)6(11)7(8,9)10/h5-6,11H,3-4H2,1-2H3. The molecule has 0 saturated heterocycles. The van der Waals surface area contributed by atoms with E-state index in [0.717, 1.165) is 0 Å². The molecule has 0 aromatic heterocycles. The molecule has 0 fully saturated rings. The average Bonchev–Trinajstić information content (AvgIpc) is 1.88. The number of aliphatic hydroxyl groups is 1. The molecule has 0 aromatic rings. The third-order valence-electron chi connectivity index (χ3n) is 1.83. The van der Waals surface area contributed by atoms with Crippen LogP contribution in [0.3, 0.4) is 0 Å². The first-order valence-electron chi connectivity index (χ1n) is 3.68. The van der Waals surface area contributed by atoms with Crippen LogP contribution in [0.2, 0.25) is 0 Å². The second-order valence-corrected chi connectivity index (χ2v) is 3.62. The highest BCUT2D eigenvalue weighted by molar-refractivity contribution is 9.10. The lowest BCUT2D eigenvalue weighted by Crippen LogP contribution is -2.34. The molecule has 0 heterocycles. The molecule has 1 N–H and O–H groups in total. The third-order valence-corrected chi connectivity index (χ3v) is 2.30. The molecule has 0 aliphatic carbocycles. The zero-order valence-corrected chi connectivity index (χ0v) is 8.24. The molecule has 1 nitrogen and oxygen atoms in total. The summed E-state index contributed by atoms with van der Waals surface area (Å²) in [7, 11) is 0. The van der Waals surface area contributed by atoms with Crippen molar-refractivity contribution in [2.45, 2.75) is 37.6 Å². The minimum atomic E-state index is -3.15. The van der Waals surface area contributed by atoms with Gasteiger partial charge < -0.3 is 5.11 Å². The fourth-order valence-corrected chi connectivity index (χ4v) is 1.38. The third kappa shape index (κ3) is 3.47. The summed E-state index contributed by atoms with van der Waals surface area (Å²) in [6, 6.07) is 0. The van der Waals surface area contributed by atoms with E-state index >= 15 is 0 Å². The first kappa shape index (κ1) is 11.3. The second kappa shape index (κ2) is 4.36. The van der Waals surface area contributed by atoms with Crippen LogP contribution in [0.1, 0.15) is 26.7 Å². The van der Waals surface area contributed by atoms with Gasteiger partial charge in [-0.05, 0) is 21.8 Å². The lowest BCUT2D eigenvalue weighted by atomic mass is 9.97. The lowest BCUT2D eigenvalue weighted by Gasteiger charge is -2.23. The van der Waals surface area contributed by atoms with Crippen LogP contribution in [-0.4, -0.2) is 16.0 Å².